The Bertz CT molecular complexity index is 251. The molecule has 80 valence electrons. The van der Waals surface area contributed by atoms with E-state index in [1.807, 2.05) is 12.4 Å². The summed E-state index contributed by atoms with van der Waals surface area (Å²) in [6.07, 6.45) is 6.27. The van der Waals surface area contributed by atoms with Crippen molar-refractivity contribution >= 4 is 0 Å². The standard InChI is InChI=1S/C11H21N3/c1-4-10(5-2)13-9-11-12-7-8-14(11)6-3/h7-8,10,13H,4-6,9H2,1-3H3. The van der Waals surface area contributed by atoms with E-state index in [-0.39, 0.29) is 0 Å². The van der Waals surface area contributed by atoms with E-state index in [1.165, 1.54) is 12.8 Å². The van der Waals surface area contributed by atoms with Gasteiger partial charge in [-0.3, -0.25) is 0 Å². The van der Waals surface area contributed by atoms with E-state index in [4.69, 9.17) is 0 Å². The maximum atomic E-state index is 4.33. The average molecular weight is 195 g/mol. The van der Waals surface area contributed by atoms with Gasteiger partial charge in [-0.15, -0.1) is 0 Å². The molecule has 0 aromatic carbocycles. The van der Waals surface area contributed by atoms with Crippen molar-refractivity contribution in [1.82, 2.24) is 14.9 Å². The number of aryl methyl sites for hydroxylation is 1. The Labute approximate surface area is 86.5 Å². The molecule has 0 bridgehead atoms. The van der Waals surface area contributed by atoms with Crippen LogP contribution in [0.15, 0.2) is 12.4 Å². The molecule has 3 heteroatoms. The van der Waals surface area contributed by atoms with Crippen molar-refractivity contribution in [1.29, 1.82) is 0 Å². The molecule has 0 saturated carbocycles. The first-order chi connectivity index (χ1) is 6.81. The van der Waals surface area contributed by atoms with Crippen LogP contribution >= 0.6 is 0 Å². The zero-order valence-electron chi connectivity index (χ0n) is 9.45. The Kier molecular flexibility index (Phi) is 4.66. The van der Waals surface area contributed by atoms with Crippen molar-refractivity contribution in [2.45, 2.75) is 52.7 Å². The van der Waals surface area contributed by atoms with Crippen molar-refractivity contribution < 1.29 is 0 Å². The van der Waals surface area contributed by atoms with Gasteiger partial charge in [-0.05, 0) is 19.8 Å². The Morgan fingerprint density at radius 3 is 2.64 bits per heavy atom. The SMILES string of the molecule is CCC(CC)NCc1nccn1CC. The molecule has 3 nitrogen and oxygen atoms in total. The summed E-state index contributed by atoms with van der Waals surface area (Å²) in [5.41, 5.74) is 0. The summed E-state index contributed by atoms with van der Waals surface area (Å²) in [6, 6.07) is 0.622. The highest BCUT2D eigenvalue weighted by Gasteiger charge is 2.05. The molecule has 1 rings (SSSR count). The van der Waals surface area contributed by atoms with Gasteiger partial charge in [0.25, 0.3) is 0 Å². The van der Waals surface area contributed by atoms with Gasteiger partial charge in [-0.25, -0.2) is 4.98 Å². The molecule has 1 aromatic heterocycles. The first-order valence-corrected chi connectivity index (χ1v) is 5.55. The fraction of sp³-hybridized carbons (Fsp3) is 0.727. The predicted molar refractivity (Wildman–Crippen MR) is 59.1 cm³/mol. The van der Waals surface area contributed by atoms with E-state index in [1.54, 1.807) is 0 Å². The van der Waals surface area contributed by atoms with Crippen molar-refractivity contribution in [2.75, 3.05) is 0 Å². The number of rotatable bonds is 6. The van der Waals surface area contributed by atoms with E-state index in [0.29, 0.717) is 6.04 Å². The van der Waals surface area contributed by atoms with E-state index in [9.17, 15) is 0 Å². The lowest BCUT2D eigenvalue weighted by molar-refractivity contribution is 0.468. The molecule has 0 amide bonds. The zero-order chi connectivity index (χ0) is 10.4. The van der Waals surface area contributed by atoms with Gasteiger partial charge in [0.05, 0.1) is 6.54 Å². The summed E-state index contributed by atoms with van der Waals surface area (Å²) in [5.74, 6) is 1.14. The summed E-state index contributed by atoms with van der Waals surface area (Å²) in [6.45, 7) is 8.45. The number of nitrogens with one attached hydrogen (secondary N) is 1. The van der Waals surface area contributed by atoms with Crippen LogP contribution in [0.3, 0.4) is 0 Å². The maximum absolute atomic E-state index is 4.33. The lowest BCUT2D eigenvalue weighted by Crippen LogP contribution is -2.28. The average Bonchev–Trinajstić information content (AvgIpc) is 2.67. The van der Waals surface area contributed by atoms with Crippen molar-refractivity contribution in [2.24, 2.45) is 0 Å². The first kappa shape index (κ1) is 11.2. The number of hydrogen-bond donors (Lipinski definition) is 1. The van der Waals surface area contributed by atoms with Crippen LogP contribution in [0.4, 0.5) is 0 Å². The molecule has 14 heavy (non-hydrogen) atoms. The van der Waals surface area contributed by atoms with Crippen LogP contribution in [0.2, 0.25) is 0 Å². The Balaban J connectivity index is 2.44. The van der Waals surface area contributed by atoms with Crippen LogP contribution in [-0.4, -0.2) is 15.6 Å². The smallest absolute Gasteiger partial charge is 0.122 e. The van der Waals surface area contributed by atoms with Crippen LogP contribution in [0, 0.1) is 0 Å². The third kappa shape index (κ3) is 2.84. The number of hydrogen-bond acceptors (Lipinski definition) is 2. The predicted octanol–water partition coefficient (Wildman–Crippen LogP) is 2.18. The highest BCUT2D eigenvalue weighted by molar-refractivity contribution is 4.91. The second kappa shape index (κ2) is 5.81. The third-order valence-corrected chi connectivity index (χ3v) is 2.68. The summed E-state index contributed by atoms with van der Waals surface area (Å²) in [5, 5.41) is 3.51. The molecule has 1 N–H and O–H groups in total. The zero-order valence-corrected chi connectivity index (χ0v) is 9.45. The molecular weight excluding hydrogens is 174 g/mol. The van der Waals surface area contributed by atoms with E-state index in [0.717, 1.165) is 18.9 Å². The first-order valence-electron chi connectivity index (χ1n) is 5.55. The molecule has 1 heterocycles. The maximum Gasteiger partial charge on any atom is 0.122 e. The molecule has 0 aliphatic heterocycles. The Hall–Kier alpha value is -0.830. The molecule has 0 aliphatic carbocycles. The van der Waals surface area contributed by atoms with Gasteiger partial charge in [0.1, 0.15) is 5.82 Å². The second-order valence-electron chi connectivity index (χ2n) is 3.52. The van der Waals surface area contributed by atoms with Gasteiger partial charge in [-0.2, -0.15) is 0 Å². The quantitative estimate of drug-likeness (QED) is 0.754. The minimum atomic E-state index is 0.622. The number of imidazole rings is 1. The summed E-state index contributed by atoms with van der Waals surface area (Å²) in [7, 11) is 0. The van der Waals surface area contributed by atoms with E-state index >= 15 is 0 Å². The summed E-state index contributed by atoms with van der Waals surface area (Å²) in [4.78, 5) is 4.33. The van der Waals surface area contributed by atoms with Crippen LogP contribution in [0.25, 0.3) is 0 Å². The number of nitrogens with zero attached hydrogens (tertiary/aromatic N) is 2. The van der Waals surface area contributed by atoms with Gasteiger partial charge in [0.15, 0.2) is 0 Å². The van der Waals surface area contributed by atoms with Crippen LogP contribution in [0.5, 0.6) is 0 Å². The second-order valence-corrected chi connectivity index (χ2v) is 3.52. The fourth-order valence-corrected chi connectivity index (χ4v) is 1.61. The molecule has 0 atom stereocenters. The summed E-state index contributed by atoms with van der Waals surface area (Å²) >= 11 is 0. The van der Waals surface area contributed by atoms with Gasteiger partial charge in [0, 0.05) is 25.0 Å². The molecule has 0 saturated heterocycles. The highest BCUT2D eigenvalue weighted by atomic mass is 15.1. The minimum Gasteiger partial charge on any atom is -0.334 e. The largest absolute Gasteiger partial charge is 0.334 e. The number of aromatic nitrogens is 2. The molecule has 0 aliphatic rings. The third-order valence-electron chi connectivity index (χ3n) is 2.68. The van der Waals surface area contributed by atoms with Gasteiger partial charge < -0.3 is 9.88 Å². The Morgan fingerprint density at radius 1 is 1.36 bits per heavy atom. The summed E-state index contributed by atoms with van der Waals surface area (Å²) < 4.78 is 2.18. The lowest BCUT2D eigenvalue weighted by atomic mass is 10.2. The molecular formula is C11H21N3. The highest BCUT2D eigenvalue weighted by Crippen LogP contribution is 2.01. The molecule has 0 spiro atoms. The minimum absolute atomic E-state index is 0.622. The fourth-order valence-electron chi connectivity index (χ4n) is 1.61. The van der Waals surface area contributed by atoms with Gasteiger partial charge in [0.2, 0.25) is 0 Å². The van der Waals surface area contributed by atoms with Crippen molar-refractivity contribution in [3.8, 4) is 0 Å². The van der Waals surface area contributed by atoms with Crippen LogP contribution in [-0.2, 0) is 13.1 Å². The van der Waals surface area contributed by atoms with Gasteiger partial charge >= 0.3 is 0 Å². The Morgan fingerprint density at radius 2 is 2.07 bits per heavy atom. The monoisotopic (exact) mass is 195 g/mol. The van der Waals surface area contributed by atoms with E-state index < -0.39 is 0 Å². The van der Waals surface area contributed by atoms with Crippen molar-refractivity contribution in [3.05, 3.63) is 18.2 Å². The normalized spacial score (nSPS) is 11.1. The molecule has 0 fully saturated rings. The van der Waals surface area contributed by atoms with Crippen LogP contribution < -0.4 is 5.32 Å². The van der Waals surface area contributed by atoms with Crippen molar-refractivity contribution in [3.63, 3.8) is 0 Å². The lowest BCUT2D eigenvalue weighted by Gasteiger charge is -2.14. The van der Waals surface area contributed by atoms with E-state index in [2.05, 4.69) is 35.6 Å². The molecule has 1 aromatic rings. The topological polar surface area (TPSA) is 29.9 Å². The molecule has 0 unspecified atom stereocenters. The van der Waals surface area contributed by atoms with Crippen LogP contribution in [0.1, 0.15) is 39.4 Å². The molecule has 0 radical (unpaired) electrons. The van der Waals surface area contributed by atoms with Gasteiger partial charge in [-0.1, -0.05) is 13.8 Å².